The first-order chi connectivity index (χ1) is 17.7. The highest BCUT2D eigenvalue weighted by Crippen LogP contribution is 2.12. The molecular weight excluding hydrogens is 476 g/mol. The van der Waals surface area contributed by atoms with Gasteiger partial charge in [-0.05, 0) is 43.7 Å². The Bertz CT molecular complexity index is 1050. The maximum absolute atomic E-state index is 12.8. The second-order valence-electron chi connectivity index (χ2n) is 8.61. The molecule has 6 N–H and O–H groups in total. The molecule has 3 atom stereocenters. The number of nitrogens with zero attached hydrogens (tertiary/aromatic N) is 1. The summed E-state index contributed by atoms with van der Waals surface area (Å²) in [7, 11) is 4.70. The number of carbonyl (C=O) groups excluding carboxylic acids is 4. The Balaban J connectivity index is 1.92. The number of benzene rings is 2. The zero-order valence-corrected chi connectivity index (χ0v) is 21.6. The number of hydrogen-bond donors (Lipinski definition) is 6. The lowest BCUT2D eigenvalue weighted by Gasteiger charge is -2.28. The normalized spacial score (nSPS) is 13.1. The maximum atomic E-state index is 12.8. The Labute approximate surface area is 217 Å². The van der Waals surface area contributed by atoms with E-state index in [0.29, 0.717) is 12.8 Å². The van der Waals surface area contributed by atoms with E-state index < -0.39 is 29.9 Å². The molecule has 0 bridgehead atoms. The van der Waals surface area contributed by atoms with Crippen LogP contribution in [0.2, 0.25) is 0 Å². The van der Waals surface area contributed by atoms with Gasteiger partial charge in [0.25, 0.3) is 5.91 Å². The van der Waals surface area contributed by atoms with E-state index in [1.807, 2.05) is 30.3 Å². The molecule has 0 heterocycles. The van der Waals surface area contributed by atoms with Crippen molar-refractivity contribution in [1.29, 1.82) is 0 Å². The third kappa shape index (κ3) is 9.21. The highest BCUT2D eigenvalue weighted by Gasteiger charge is 2.28. The van der Waals surface area contributed by atoms with Crippen LogP contribution >= 0.6 is 0 Å². The zero-order chi connectivity index (χ0) is 27.4. The highest BCUT2D eigenvalue weighted by molar-refractivity contribution is 5.93. The van der Waals surface area contributed by atoms with Gasteiger partial charge in [0.15, 0.2) is 0 Å². The van der Waals surface area contributed by atoms with E-state index in [0.717, 1.165) is 11.1 Å². The number of amides is 4. The molecule has 0 aliphatic carbocycles. The van der Waals surface area contributed by atoms with Crippen molar-refractivity contribution in [3.8, 4) is 5.75 Å². The third-order valence-electron chi connectivity index (χ3n) is 5.89. The number of hydrazine groups is 1. The van der Waals surface area contributed by atoms with E-state index in [1.165, 1.54) is 31.0 Å². The molecule has 0 aliphatic rings. The summed E-state index contributed by atoms with van der Waals surface area (Å²) in [6.45, 7) is 1.18. The first-order valence-corrected chi connectivity index (χ1v) is 12.0. The van der Waals surface area contributed by atoms with Gasteiger partial charge in [0.1, 0.15) is 17.8 Å². The average molecular weight is 513 g/mol. The summed E-state index contributed by atoms with van der Waals surface area (Å²) in [5, 5.41) is 17.5. The number of likely N-dealkylation sites (N-methyl/N-ethyl adjacent to an activating group) is 2. The Kier molecular flexibility index (Phi) is 11.5. The predicted octanol–water partition coefficient (Wildman–Crippen LogP) is -0.536. The average Bonchev–Trinajstić information content (AvgIpc) is 2.89. The van der Waals surface area contributed by atoms with Crippen LogP contribution in [0.3, 0.4) is 0 Å². The molecule has 37 heavy (non-hydrogen) atoms. The second kappa shape index (κ2) is 14.6. The van der Waals surface area contributed by atoms with E-state index in [1.54, 1.807) is 26.2 Å². The largest absolute Gasteiger partial charge is 0.508 e. The smallest absolute Gasteiger partial charge is 0.257 e. The van der Waals surface area contributed by atoms with Crippen molar-refractivity contribution in [3.63, 3.8) is 0 Å². The molecule has 2 rings (SSSR count). The van der Waals surface area contributed by atoms with Gasteiger partial charge in [-0.1, -0.05) is 42.5 Å². The van der Waals surface area contributed by atoms with E-state index in [-0.39, 0.29) is 24.1 Å². The molecule has 0 aliphatic heterocycles. The van der Waals surface area contributed by atoms with Crippen molar-refractivity contribution < 1.29 is 24.3 Å². The third-order valence-corrected chi connectivity index (χ3v) is 5.89. The molecule has 0 spiro atoms. The number of aromatic hydroxyl groups is 1. The van der Waals surface area contributed by atoms with Crippen LogP contribution in [-0.4, -0.2) is 79.4 Å². The first kappa shape index (κ1) is 29.3. The van der Waals surface area contributed by atoms with Crippen LogP contribution in [-0.2, 0) is 32.0 Å². The van der Waals surface area contributed by atoms with E-state index in [4.69, 9.17) is 0 Å². The van der Waals surface area contributed by atoms with Gasteiger partial charge in [-0.2, -0.15) is 0 Å². The highest BCUT2D eigenvalue weighted by atomic mass is 16.3. The van der Waals surface area contributed by atoms with Gasteiger partial charge >= 0.3 is 0 Å². The zero-order valence-electron chi connectivity index (χ0n) is 21.6. The van der Waals surface area contributed by atoms with Crippen LogP contribution in [0.4, 0.5) is 0 Å². The Hall–Kier alpha value is -3.96. The van der Waals surface area contributed by atoms with Gasteiger partial charge in [0.2, 0.25) is 17.7 Å². The standard InChI is InChI=1S/C26H36N6O5/c1-17(30-25(36)21(27-2)14-19-10-12-20(33)13-11-19)24(35)29-16-23(34)32(4)22(26(37)31-28-3)15-18-8-6-5-7-9-18/h5-13,17,21-22,27-28,33H,14-16H2,1-4H3,(H,29,35)(H,30,36)(H,31,37). The second-order valence-corrected chi connectivity index (χ2v) is 8.61. The van der Waals surface area contributed by atoms with E-state index in [9.17, 15) is 24.3 Å². The molecule has 200 valence electrons. The number of carbonyl (C=O) groups is 4. The first-order valence-electron chi connectivity index (χ1n) is 12.0. The van der Waals surface area contributed by atoms with Crippen LogP contribution in [0.5, 0.6) is 5.75 Å². The number of nitrogens with one attached hydrogen (secondary N) is 5. The quantitative estimate of drug-likeness (QED) is 0.197. The van der Waals surface area contributed by atoms with Gasteiger partial charge in [-0.15, -0.1) is 0 Å². The summed E-state index contributed by atoms with van der Waals surface area (Å²) in [6.07, 6.45) is 0.654. The summed E-state index contributed by atoms with van der Waals surface area (Å²) in [5.41, 5.74) is 6.80. The van der Waals surface area contributed by atoms with Crippen LogP contribution in [0.15, 0.2) is 54.6 Å². The minimum atomic E-state index is -0.894. The molecule has 2 aromatic carbocycles. The molecule has 2 aromatic rings. The van der Waals surface area contributed by atoms with Gasteiger partial charge in [0.05, 0.1) is 12.6 Å². The molecule has 4 amide bonds. The van der Waals surface area contributed by atoms with Crippen LogP contribution in [0.1, 0.15) is 18.1 Å². The summed E-state index contributed by atoms with van der Waals surface area (Å²) in [4.78, 5) is 51.9. The summed E-state index contributed by atoms with van der Waals surface area (Å²) < 4.78 is 0. The minimum absolute atomic E-state index is 0.133. The van der Waals surface area contributed by atoms with Crippen LogP contribution < -0.4 is 26.8 Å². The van der Waals surface area contributed by atoms with Gasteiger partial charge in [-0.25, -0.2) is 5.43 Å². The van der Waals surface area contributed by atoms with Crippen molar-refractivity contribution in [2.45, 2.75) is 37.9 Å². The van der Waals surface area contributed by atoms with E-state index >= 15 is 0 Å². The number of hydrogen-bond acceptors (Lipinski definition) is 7. The van der Waals surface area contributed by atoms with Gasteiger partial charge < -0.3 is 26.0 Å². The van der Waals surface area contributed by atoms with Crippen molar-refractivity contribution in [2.75, 3.05) is 27.7 Å². The predicted molar refractivity (Wildman–Crippen MR) is 139 cm³/mol. The van der Waals surface area contributed by atoms with Crippen molar-refractivity contribution in [1.82, 2.24) is 31.7 Å². The van der Waals surface area contributed by atoms with E-state index in [2.05, 4.69) is 26.8 Å². The van der Waals surface area contributed by atoms with Gasteiger partial charge in [-0.3, -0.25) is 24.6 Å². The molecule has 3 unspecified atom stereocenters. The lowest BCUT2D eigenvalue weighted by molar-refractivity contribution is -0.139. The molecular formula is C26H36N6O5. The number of phenolic OH excluding ortho intramolecular Hbond substituents is 1. The molecule has 0 fully saturated rings. The monoisotopic (exact) mass is 512 g/mol. The number of rotatable bonds is 13. The molecule has 11 heteroatoms. The molecule has 0 saturated heterocycles. The Morgan fingerprint density at radius 3 is 2.08 bits per heavy atom. The fraction of sp³-hybridized carbons (Fsp3) is 0.385. The lowest BCUT2D eigenvalue weighted by atomic mass is 10.0. The molecule has 0 aromatic heterocycles. The fourth-order valence-electron chi connectivity index (χ4n) is 3.64. The summed E-state index contributed by atoms with van der Waals surface area (Å²) in [6, 6.07) is 13.5. The van der Waals surface area contributed by atoms with Crippen LogP contribution in [0.25, 0.3) is 0 Å². The maximum Gasteiger partial charge on any atom is 0.257 e. The topological polar surface area (TPSA) is 152 Å². The lowest BCUT2D eigenvalue weighted by Crippen LogP contribution is -2.55. The van der Waals surface area contributed by atoms with Crippen molar-refractivity contribution in [3.05, 3.63) is 65.7 Å². The fourth-order valence-corrected chi connectivity index (χ4v) is 3.64. The summed E-state index contributed by atoms with van der Waals surface area (Å²) in [5.74, 6) is -1.63. The summed E-state index contributed by atoms with van der Waals surface area (Å²) >= 11 is 0. The van der Waals surface area contributed by atoms with Crippen LogP contribution in [0, 0.1) is 0 Å². The Morgan fingerprint density at radius 1 is 0.865 bits per heavy atom. The molecule has 0 radical (unpaired) electrons. The number of phenols is 1. The minimum Gasteiger partial charge on any atom is -0.508 e. The van der Waals surface area contributed by atoms with Crippen molar-refractivity contribution >= 4 is 23.6 Å². The van der Waals surface area contributed by atoms with Gasteiger partial charge in [0, 0.05) is 20.5 Å². The Morgan fingerprint density at radius 2 is 1.49 bits per heavy atom. The SMILES string of the molecule is CNNC(=O)C(Cc1ccccc1)N(C)C(=O)CNC(=O)C(C)NC(=O)C(Cc1ccc(O)cc1)NC. The van der Waals surface area contributed by atoms with Crippen molar-refractivity contribution in [2.24, 2.45) is 0 Å². The molecule has 0 saturated carbocycles. The molecule has 11 nitrogen and oxygen atoms in total.